The fourth-order valence-electron chi connectivity index (χ4n) is 0.507. The Bertz CT molecular complexity index is 159. The van der Waals surface area contributed by atoms with Crippen molar-refractivity contribution in [3.05, 3.63) is 0 Å². The molecule has 1 fully saturated rings. The molecule has 0 aliphatic carbocycles. The minimum absolute atomic E-state index is 0.239. The summed E-state index contributed by atoms with van der Waals surface area (Å²) in [7, 11) is 0. The van der Waals surface area contributed by atoms with E-state index in [-0.39, 0.29) is 5.91 Å². The van der Waals surface area contributed by atoms with Crippen molar-refractivity contribution >= 4 is 5.91 Å². The van der Waals surface area contributed by atoms with Crippen molar-refractivity contribution in [3.63, 3.8) is 0 Å². The minimum atomic E-state index is -0.597. The Hall–Kier alpha value is -1.08. The molecule has 0 aromatic heterocycles. The lowest BCUT2D eigenvalue weighted by atomic mass is 10.0. The van der Waals surface area contributed by atoms with E-state index >= 15 is 0 Å². The first-order valence-electron chi connectivity index (χ1n) is 2.21. The molecule has 2 atom stereocenters. The van der Waals surface area contributed by atoms with Crippen molar-refractivity contribution < 1.29 is 4.79 Å². The van der Waals surface area contributed by atoms with Crippen LogP contribution in [0.4, 0.5) is 0 Å². The number of amides is 1. The lowest BCUT2D eigenvalue weighted by Gasteiger charge is -2.27. The highest BCUT2D eigenvalue weighted by Crippen LogP contribution is 1.99. The molecule has 1 heterocycles. The van der Waals surface area contributed by atoms with E-state index in [0.29, 0.717) is 0 Å². The smallest absolute Gasteiger partial charge is 0.241 e. The van der Waals surface area contributed by atoms with Crippen molar-refractivity contribution in [2.75, 3.05) is 0 Å². The topological polar surface area (TPSA) is 78.9 Å². The third-order valence-electron chi connectivity index (χ3n) is 1.10. The van der Waals surface area contributed by atoms with E-state index in [4.69, 9.17) is 11.0 Å². The van der Waals surface area contributed by atoms with Crippen LogP contribution in [0, 0.1) is 11.3 Å². The number of carbonyl (C=O) groups excluding carboxylic acids is 1. The van der Waals surface area contributed by atoms with Crippen LogP contribution < -0.4 is 11.1 Å². The lowest BCUT2D eigenvalue weighted by Crippen LogP contribution is -2.65. The van der Waals surface area contributed by atoms with Gasteiger partial charge in [0.05, 0.1) is 6.07 Å². The summed E-state index contributed by atoms with van der Waals surface area (Å²) in [4.78, 5) is 10.2. The third kappa shape index (κ3) is 0.453. The summed E-state index contributed by atoms with van der Waals surface area (Å²) in [5, 5.41) is 10.4. The molecule has 1 saturated heterocycles. The number of nitrogens with zero attached hydrogens (tertiary/aromatic N) is 1. The maximum absolute atomic E-state index is 10.2. The molecule has 0 saturated carbocycles. The van der Waals surface area contributed by atoms with Gasteiger partial charge in [0.2, 0.25) is 5.91 Å². The van der Waals surface area contributed by atoms with Crippen LogP contribution in [-0.4, -0.2) is 18.0 Å². The molecule has 3 N–H and O–H groups in total. The van der Waals surface area contributed by atoms with E-state index in [9.17, 15) is 4.79 Å². The molecule has 1 amide bonds. The fourth-order valence-corrected chi connectivity index (χ4v) is 0.507. The van der Waals surface area contributed by atoms with E-state index in [1.54, 1.807) is 0 Å². The van der Waals surface area contributed by atoms with Gasteiger partial charge in [-0.2, -0.15) is 5.26 Å². The number of hydrogen-bond acceptors (Lipinski definition) is 3. The van der Waals surface area contributed by atoms with E-state index in [2.05, 4.69) is 5.32 Å². The van der Waals surface area contributed by atoms with E-state index < -0.39 is 12.1 Å². The molecule has 42 valence electrons. The van der Waals surface area contributed by atoms with E-state index in [1.165, 1.54) is 0 Å². The van der Waals surface area contributed by atoms with Crippen LogP contribution in [0.5, 0.6) is 0 Å². The SMILES string of the molecule is N#C[C@H]1NC(=O)[C@H]1N. The Kier molecular flexibility index (Phi) is 0.922. The second-order valence-corrected chi connectivity index (χ2v) is 1.64. The highest BCUT2D eigenvalue weighted by molar-refractivity contribution is 5.90. The van der Waals surface area contributed by atoms with Crippen molar-refractivity contribution in [3.8, 4) is 6.07 Å². The first-order valence-corrected chi connectivity index (χ1v) is 2.21. The van der Waals surface area contributed by atoms with Crippen molar-refractivity contribution in [2.24, 2.45) is 5.73 Å². The summed E-state index contributed by atoms with van der Waals surface area (Å²) in [6.07, 6.45) is 0. The summed E-state index contributed by atoms with van der Waals surface area (Å²) in [6, 6.07) is 0.771. The van der Waals surface area contributed by atoms with Gasteiger partial charge < -0.3 is 11.1 Å². The molecule has 0 aromatic carbocycles. The van der Waals surface area contributed by atoms with Gasteiger partial charge in [-0.3, -0.25) is 4.79 Å². The van der Waals surface area contributed by atoms with Crippen LogP contribution >= 0.6 is 0 Å². The van der Waals surface area contributed by atoms with Gasteiger partial charge in [-0.1, -0.05) is 0 Å². The highest BCUT2D eigenvalue weighted by atomic mass is 16.2. The van der Waals surface area contributed by atoms with E-state index in [1.807, 2.05) is 6.07 Å². The van der Waals surface area contributed by atoms with Gasteiger partial charge in [0.1, 0.15) is 12.1 Å². The maximum Gasteiger partial charge on any atom is 0.241 e. The monoisotopic (exact) mass is 111 g/mol. The molecule has 0 aromatic rings. The molecular weight excluding hydrogens is 106 g/mol. The molecule has 1 aliphatic heterocycles. The first kappa shape index (κ1) is 5.06. The number of nitriles is 1. The third-order valence-corrected chi connectivity index (χ3v) is 1.10. The average Bonchev–Trinajstić information content (AvgIpc) is 1.81. The van der Waals surface area contributed by atoms with Crippen molar-refractivity contribution in [1.82, 2.24) is 5.32 Å². The fraction of sp³-hybridized carbons (Fsp3) is 0.500. The number of β-lactam (4-membered cyclic amide) rings is 1. The number of hydrogen-bond donors (Lipinski definition) is 2. The van der Waals surface area contributed by atoms with Gasteiger partial charge in [-0.15, -0.1) is 0 Å². The number of nitrogens with two attached hydrogens (primary N) is 1. The van der Waals surface area contributed by atoms with Crippen LogP contribution in [0.3, 0.4) is 0 Å². The summed E-state index contributed by atoms with van der Waals surface area (Å²) in [5.41, 5.74) is 5.14. The second kappa shape index (κ2) is 1.46. The number of rotatable bonds is 0. The Morgan fingerprint density at radius 3 is 2.62 bits per heavy atom. The second-order valence-electron chi connectivity index (χ2n) is 1.64. The van der Waals surface area contributed by atoms with Crippen molar-refractivity contribution in [1.29, 1.82) is 5.26 Å². The van der Waals surface area contributed by atoms with Gasteiger partial charge in [0.15, 0.2) is 0 Å². The summed E-state index contributed by atoms with van der Waals surface area (Å²) >= 11 is 0. The number of nitrogens with one attached hydrogen (secondary N) is 1. The molecule has 1 rings (SSSR count). The Morgan fingerprint density at radius 2 is 2.50 bits per heavy atom. The van der Waals surface area contributed by atoms with Crippen LogP contribution in [-0.2, 0) is 4.79 Å². The maximum atomic E-state index is 10.2. The Labute approximate surface area is 46.3 Å². The number of carbonyl (C=O) groups is 1. The van der Waals surface area contributed by atoms with Crippen molar-refractivity contribution in [2.45, 2.75) is 12.1 Å². The zero-order chi connectivity index (χ0) is 6.15. The quantitative estimate of drug-likeness (QED) is 0.367. The predicted molar refractivity (Wildman–Crippen MR) is 25.5 cm³/mol. The predicted octanol–water partition coefficient (Wildman–Crippen LogP) is -1.66. The zero-order valence-electron chi connectivity index (χ0n) is 4.09. The molecule has 4 heteroatoms. The summed E-state index contributed by atoms with van der Waals surface area (Å²) < 4.78 is 0. The first-order chi connectivity index (χ1) is 3.75. The molecule has 4 nitrogen and oxygen atoms in total. The molecule has 1 aliphatic rings. The molecule has 0 spiro atoms. The Balaban J connectivity index is 2.50. The van der Waals surface area contributed by atoms with Gasteiger partial charge in [-0.25, -0.2) is 0 Å². The largest absolute Gasteiger partial charge is 0.337 e. The highest BCUT2D eigenvalue weighted by Gasteiger charge is 2.35. The minimum Gasteiger partial charge on any atom is -0.337 e. The van der Waals surface area contributed by atoms with Gasteiger partial charge in [-0.05, 0) is 0 Å². The normalized spacial score (nSPS) is 34.8. The molecular formula is C4H5N3O. The molecule has 0 bridgehead atoms. The van der Waals surface area contributed by atoms with Gasteiger partial charge in [0.25, 0.3) is 0 Å². The van der Waals surface area contributed by atoms with E-state index in [0.717, 1.165) is 0 Å². The van der Waals surface area contributed by atoms with Crippen LogP contribution in [0.25, 0.3) is 0 Å². The van der Waals surface area contributed by atoms with Crippen LogP contribution in [0.1, 0.15) is 0 Å². The zero-order valence-corrected chi connectivity index (χ0v) is 4.09. The molecule has 8 heavy (non-hydrogen) atoms. The molecule has 0 radical (unpaired) electrons. The Morgan fingerprint density at radius 1 is 1.88 bits per heavy atom. The standard InChI is InChI=1S/C4H5N3O/c5-1-2-3(6)4(8)7-2/h2-3H,6H2,(H,7,8)/t2-,3+/m1/s1. The average molecular weight is 111 g/mol. The lowest BCUT2D eigenvalue weighted by molar-refractivity contribution is -0.128. The van der Waals surface area contributed by atoms with Crippen LogP contribution in [0.15, 0.2) is 0 Å². The van der Waals surface area contributed by atoms with Crippen LogP contribution in [0.2, 0.25) is 0 Å². The van der Waals surface area contributed by atoms with Gasteiger partial charge in [0, 0.05) is 0 Å². The van der Waals surface area contributed by atoms with Gasteiger partial charge >= 0.3 is 0 Å². The summed E-state index contributed by atoms with van der Waals surface area (Å²) in [5.74, 6) is -0.239. The summed E-state index contributed by atoms with van der Waals surface area (Å²) in [6.45, 7) is 0. The molecule has 0 unspecified atom stereocenters.